The van der Waals surface area contributed by atoms with Crippen molar-refractivity contribution >= 4 is 5.78 Å². The van der Waals surface area contributed by atoms with Crippen molar-refractivity contribution in [3.05, 3.63) is 29.1 Å². The maximum Gasteiger partial charge on any atom is 0.206 e. The summed E-state index contributed by atoms with van der Waals surface area (Å²) in [7, 11) is 1.84. The van der Waals surface area contributed by atoms with Crippen LogP contribution < -0.4 is 0 Å². The smallest absolute Gasteiger partial charge is 0.206 e. The number of aryl methyl sites for hydroxylation is 2. The first-order chi connectivity index (χ1) is 8.18. The molecule has 0 atom stereocenters. The Labute approximate surface area is 103 Å². The summed E-state index contributed by atoms with van der Waals surface area (Å²) < 4.78 is 1.69. The van der Waals surface area contributed by atoms with Crippen LogP contribution in [-0.2, 0) is 7.05 Å². The summed E-state index contributed by atoms with van der Waals surface area (Å²) in [5, 5.41) is 4.24. The van der Waals surface area contributed by atoms with Gasteiger partial charge in [0.25, 0.3) is 0 Å². The van der Waals surface area contributed by atoms with E-state index in [9.17, 15) is 4.79 Å². The lowest BCUT2D eigenvalue weighted by atomic mass is 9.96. The molecule has 1 aliphatic carbocycles. The molecule has 0 fully saturated rings. The molecule has 0 unspecified atom stereocenters. The minimum atomic E-state index is 0.162. The van der Waals surface area contributed by atoms with Crippen LogP contribution in [-0.4, -0.2) is 15.6 Å². The SMILES string of the molecule is Cc1cc(C(=O)/C2=C/CCCCCC2)n(C)n1. The number of Topliss-reactive ketones (excluding diaryl/α,β-unsaturated/α-hetero) is 1. The van der Waals surface area contributed by atoms with E-state index in [0.717, 1.165) is 30.5 Å². The highest BCUT2D eigenvalue weighted by molar-refractivity contribution is 6.07. The minimum absolute atomic E-state index is 0.162. The third kappa shape index (κ3) is 2.84. The Morgan fingerprint density at radius 1 is 1.29 bits per heavy atom. The van der Waals surface area contributed by atoms with Gasteiger partial charge in [-0.3, -0.25) is 9.48 Å². The molecule has 0 N–H and O–H groups in total. The molecule has 3 nitrogen and oxygen atoms in total. The first-order valence-corrected chi connectivity index (χ1v) is 6.43. The van der Waals surface area contributed by atoms with Crippen LogP contribution >= 0.6 is 0 Å². The predicted octanol–water partition coefficient (Wildman–Crippen LogP) is 3.19. The molecule has 3 heteroatoms. The zero-order chi connectivity index (χ0) is 12.3. The summed E-state index contributed by atoms with van der Waals surface area (Å²) in [5.41, 5.74) is 2.60. The topological polar surface area (TPSA) is 34.9 Å². The van der Waals surface area contributed by atoms with Gasteiger partial charge in [-0.05, 0) is 44.2 Å². The highest BCUT2D eigenvalue weighted by atomic mass is 16.1. The second-order valence-corrected chi connectivity index (χ2v) is 4.81. The van der Waals surface area contributed by atoms with Gasteiger partial charge in [-0.1, -0.05) is 18.9 Å². The van der Waals surface area contributed by atoms with Gasteiger partial charge in [0.2, 0.25) is 5.78 Å². The molecule has 1 heterocycles. The molecule has 92 valence electrons. The Kier molecular flexibility index (Phi) is 3.77. The van der Waals surface area contributed by atoms with Crippen LogP contribution in [0.25, 0.3) is 0 Å². The van der Waals surface area contributed by atoms with Crippen molar-refractivity contribution in [2.24, 2.45) is 7.05 Å². The maximum atomic E-state index is 12.4. The molecular formula is C14H20N2O. The Balaban J connectivity index is 2.20. The largest absolute Gasteiger partial charge is 0.287 e. The summed E-state index contributed by atoms with van der Waals surface area (Å²) in [4.78, 5) is 12.4. The molecule has 1 aliphatic rings. The van der Waals surface area contributed by atoms with Gasteiger partial charge in [-0.2, -0.15) is 5.10 Å². The van der Waals surface area contributed by atoms with Gasteiger partial charge in [0.15, 0.2) is 0 Å². The fourth-order valence-electron chi connectivity index (χ4n) is 2.39. The van der Waals surface area contributed by atoms with Crippen molar-refractivity contribution in [3.63, 3.8) is 0 Å². The van der Waals surface area contributed by atoms with Crippen LogP contribution in [0.15, 0.2) is 17.7 Å². The van der Waals surface area contributed by atoms with Crippen LogP contribution in [0.4, 0.5) is 0 Å². The molecular weight excluding hydrogens is 212 g/mol. The highest BCUT2D eigenvalue weighted by Crippen LogP contribution is 2.20. The van der Waals surface area contributed by atoms with Crippen LogP contribution in [0.5, 0.6) is 0 Å². The minimum Gasteiger partial charge on any atom is -0.287 e. The highest BCUT2D eigenvalue weighted by Gasteiger charge is 2.16. The molecule has 1 aromatic rings. The van der Waals surface area contributed by atoms with Crippen molar-refractivity contribution in [1.29, 1.82) is 0 Å². The van der Waals surface area contributed by atoms with E-state index in [1.54, 1.807) is 4.68 Å². The van der Waals surface area contributed by atoms with Crippen LogP contribution in [0.1, 0.15) is 54.7 Å². The molecule has 0 saturated carbocycles. The monoisotopic (exact) mass is 232 g/mol. The quantitative estimate of drug-likeness (QED) is 0.734. The van der Waals surface area contributed by atoms with Gasteiger partial charge in [0, 0.05) is 7.05 Å². The Morgan fingerprint density at radius 3 is 2.76 bits per heavy atom. The van der Waals surface area contributed by atoms with Crippen LogP contribution in [0.2, 0.25) is 0 Å². The maximum absolute atomic E-state index is 12.4. The normalized spacial score (nSPS) is 20.2. The van der Waals surface area contributed by atoms with E-state index in [1.165, 1.54) is 19.3 Å². The number of ketones is 1. The van der Waals surface area contributed by atoms with Crippen molar-refractivity contribution in [1.82, 2.24) is 9.78 Å². The number of hydrogen-bond acceptors (Lipinski definition) is 2. The number of nitrogens with zero attached hydrogens (tertiary/aromatic N) is 2. The van der Waals surface area contributed by atoms with E-state index in [4.69, 9.17) is 0 Å². The number of allylic oxidation sites excluding steroid dienone is 2. The molecule has 17 heavy (non-hydrogen) atoms. The Morgan fingerprint density at radius 2 is 2.06 bits per heavy atom. The summed E-state index contributed by atoms with van der Waals surface area (Å²) in [6, 6.07) is 1.88. The molecule has 0 amide bonds. The number of carbonyl (C=O) groups is 1. The van der Waals surface area contributed by atoms with Gasteiger partial charge in [-0.15, -0.1) is 0 Å². The van der Waals surface area contributed by atoms with E-state index in [0.29, 0.717) is 5.69 Å². The second kappa shape index (κ2) is 5.30. The predicted molar refractivity (Wildman–Crippen MR) is 68.1 cm³/mol. The van der Waals surface area contributed by atoms with Crippen LogP contribution in [0.3, 0.4) is 0 Å². The Hall–Kier alpha value is -1.38. The van der Waals surface area contributed by atoms with E-state index in [-0.39, 0.29) is 5.78 Å². The van der Waals surface area contributed by atoms with E-state index in [1.807, 2.05) is 20.0 Å². The fourth-order valence-corrected chi connectivity index (χ4v) is 2.39. The van der Waals surface area contributed by atoms with Gasteiger partial charge in [0.1, 0.15) is 5.69 Å². The average molecular weight is 232 g/mol. The van der Waals surface area contributed by atoms with Crippen molar-refractivity contribution in [3.8, 4) is 0 Å². The second-order valence-electron chi connectivity index (χ2n) is 4.81. The first-order valence-electron chi connectivity index (χ1n) is 6.43. The average Bonchev–Trinajstić information content (AvgIpc) is 2.56. The lowest BCUT2D eigenvalue weighted by Crippen LogP contribution is -2.10. The zero-order valence-corrected chi connectivity index (χ0v) is 10.7. The lowest BCUT2D eigenvalue weighted by Gasteiger charge is -2.10. The van der Waals surface area contributed by atoms with Crippen molar-refractivity contribution in [2.45, 2.75) is 45.4 Å². The number of carbonyl (C=O) groups excluding carboxylic acids is 1. The molecule has 0 aliphatic heterocycles. The molecule has 2 rings (SSSR count). The molecule has 0 saturated heterocycles. The molecule has 0 radical (unpaired) electrons. The standard InChI is InChI=1S/C14H20N2O/c1-11-10-13(16(2)15-11)14(17)12-8-6-4-3-5-7-9-12/h8,10H,3-7,9H2,1-2H3/b12-8+. The Bertz CT molecular complexity index is 443. The van der Waals surface area contributed by atoms with Crippen molar-refractivity contribution < 1.29 is 4.79 Å². The van der Waals surface area contributed by atoms with Gasteiger partial charge < -0.3 is 0 Å². The third-order valence-electron chi connectivity index (χ3n) is 3.32. The fraction of sp³-hybridized carbons (Fsp3) is 0.571. The first kappa shape index (κ1) is 12.1. The summed E-state index contributed by atoms with van der Waals surface area (Å²) in [5.74, 6) is 0.162. The van der Waals surface area contributed by atoms with Crippen molar-refractivity contribution in [2.75, 3.05) is 0 Å². The van der Waals surface area contributed by atoms with E-state index in [2.05, 4.69) is 11.2 Å². The van der Waals surface area contributed by atoms with E-state index >= 15 is 0 Å². The summed E-state index contributed by atoms with van der Waals surface area (Å²) >= 11 is 0. The van der Waals surface area contributed by atoms with E-state index < -0.39 is 0 Å². The van der Waals surface area contributed by atoms with Gasteiger partial charge in [0.05, 0.1) is 5.69 Å². The summed E-state index contributed by atoms with van der Waals surface area (Å²) in [6.07, 6.45) is 8.97. The zero-order valence-electron chi connectivity index (χ0n) is 10.7. The molecule has 0 bridgehead atoms. The third-order valence-corrected chi connectivity index (χ3v) is 3.32. The molecule has 1 aromatic heterocycles. The van der Waals surface area contributed by atoms with Gasteiger partial charge in [-0.25, -0.2) is 0 Å². The summed E-state index contributed by atoms with van der Waals surface area (Å²) in [6.45, 7) is 1.92. The number of aromatic nitrogens is 2. The van der Waals surface area contributed by atoms with Crippen LogP contribution in [0, 0.1) is 6.92 Å². The number of rotatable bonds is 2. The molecule has 0 spiro atoms. The van der Waals surface area contributed by atoms with Gasteiger partial charge >= 0.3 is 0 Å². The molecule has 0 aromatic carbocycles. The lowest BCUT2D eigenvalue weighted by molar-refractivity contribution is 0.102. The number of hydrogen-bond donors (Lipinski definition) is 0.